The highest BCUT2D eigenvalue weighted by Gasteiger charge is 2.46. The molecule has 1 aliphatic rings. The largest absolute Gasteiger partial charge is 0.382 e. The molecule has 2 aromatic carbocycles. The van der Waals surface area contributed by atoms with Gasteiger partial charge in [0.2, 0.25) is 0 Å². The maximum Gasteiger partial charge on any atom is 0.137 e. The molecule has 0 bridgehead atoms. The Hall–Kier alpha value is -1.86. The van der Waals surface area contributed by atoms with Crippen molar-refractivity contribution < 1.29 is 4.39 Å². The van der Waals surface area contributed by atoms with Gasteiger partial charge in [0.05, 0.1) is 16.0 Å². The highest BCUT2D eigenvalue weighted by atomic mass is 79.9. The Morgan fingerprint density at radius 3 is 2.52 bits per heavy atom. The summed E-state index contributed by atoms with van der Waals surface area (Å²) in [5.74, 6) is -0.273. The number of nitrogens with one attached hydrogen (secondary N) is 1. The Morgan fingerprint density at radius 1 is 1.19 bits per heavy atom. The summed E-state index contributed by atoms with van der Waals surface area (Å²) in [4.78, 5) is 0. The van der Waals surface area contributed by atoms with Crippen molar-refractivity contribution in [3.05, 3.63) is 64.4 Å². The highest BCUT2D eigenvalue weighted by Crippen LogP contribution is 2.44. The molecule has 0 amide bonds. The summed E-state index contributed by atoms with van der Waals surface area (Å²) < 4.78 is 13.7. The van der Waals surface area contributed by atoms with E-state index in [1.165, 1.54) is 6.07 Å². The Kier molecular flexibility index (Phi) is 3.69. The number of nitriles is 1. The Morgan fingerprint density at radius 2 is 1.90 bits per heavy atom. The highest BCUT2D eigenvalue weighted by molar-refractivity contribution is 9.10. The molecule has 1 fully saturated rings. The van der Waals surface area contributed by atoms with Crippen molar-refractivity contribution in [1.82, 2.24) is 0 Å². The van der Waals surface area contributed by atoms with Crippen LogP contribution in [0.2, 0.25) is 0 Å². The van der Waals surface area contributed by atoms with E-state index in [1.54, 1.807) is 12.1 Å². The number of nitrogens with zero attached hydrogens (tertiary/aromatic N) is 1. The van der Waals surface area contributed by atoms with Gasteiger partial charge in [-0.15, -0.1) is 0 Å². The molecular formula is C17H14BrFN2. The molecular weight excluding hydrogens is 331 g/mol. The lowest BCUT2D eigenvalue weighted by molar-refractivity contribution is 0.289. The summed E-state index contributed by atoms with van der Waals surface area (Å²) >= 11 is 3.18. The molecule has 0 saturated heterocycles. The average molecular weight is 345 g/mol. The zero-order valence-corrected chi connectivity index (χ0v) is 12.9. The first-order valence-corrected chi connectivity index (χ1v) is 7.61. The molecule has 0 atom stereocenters. The van der Waals surface area contributed by atoms with E-state index in [2.05, 4.69) is 27.3 Å². The predicted molar refractivity (Wildman–Crippen MR) is 84.5 cm³/mol. The standard InChI is InChI=1S/C17H14BrFN2/c18-15-8-13(6-7-16(15)19)21-14-9-17(10-14,11-20)12-4-2-1-3-5-12/h1-8,14,21H,9-10H2. The first kappa shape index (κ1) is 14.1. The number of halogens is 2. The van der Waals surface area contributed by atoms with Crippen LogP contribution >= 0.6 is 15.9 Å². The van der Waals surface area contributed by atoms with Gasteiger partial charge in [-0.25, -0.2) is 4.39 Å². The van der Waals surface area contributed by atoms with Crippen molar-refractivity contribution >= 4 is 21.6 Å². The van der Waals surface area contributed by atoms with Crippen LogP contribution in [0.5, 0.6) is 0 Å². The first-order chi connectivity index (χ1) is 10.1. The van der Waals surface area contributed by atoms with Gasteiger partial charge in [-0.3, -0.25) is 0 Å². The minimum absolute atomic E-state index is 0.238. The molecule has 4 heteroatoms. The Bertz CT molecular complexity index is 688. The summed E-state index contributed by atoms with van der Waals surface area (Å²) in [5, 5.41) is 12.9. The van der Waals surface area contributed by atoms with Gasteiger partial charge in [0.25, 0.3) is 0 Å². The van der Waals surface area contributed by atoms with E-state index in [-0.39, 0.29) is 11.9 Å². The molecule has 0 heterocycles. The first-order valence-electron chi connectivity index (χ1n) is 6.81. The van der Waals surface area contributed by atoms with E-state index in [0.29, 0.717) is 4.47 Å². The van der Waals surface area contributed by atoms with Gasteiger partial charge in [-0.05, 0) is 52.5 Å². The lowest BCUT2D eigenvalue weighted by Gasteiger charge is -2.43. The van der Waals surface area contributed by atoms with Crippen molar-refractivity contribution in [2.24, 2.45) is 0 Å². The van der Waals surface area contributed by atoms with Crippen LogP contribution in [0.15, 0.2) is 53.0 Å². The van der Waals surface area contributed by atoms with Gasteiger partial charge in [-0.1, -0.05) is 30.3 Å². The zero-order chi connectivity index (χ0) is 14.9. The van der Waals surface area contributed by atoms with Gasteiger partial charge in [0.15, 0.2) is 0 Å². The smallest absolute Gasteiger partial charge is 0.137 e. The van der Waals surface area contributed by atoms with Crippen molar-refractivity contribution in [3.63, 3.8) is 0 Å². The molecule has 0 spiro atoms. The van der Waals surface area contributed by atoms with Gasteiger partial charge in [-0.2, -0.15) is 5.26 Å². The van der Waals surface area contributed by atoms with Crippen LogP contribution in [0.4, 0.5) is 10.1 Å². The number of hydrogen-bond donors (Lipinski definition) is 1. The van der Waals surface area contributed by atoms with Crippen LogP contribution in [0.25, 0.3) is 0 Å². The van der Waals surface area contributed by atoms with Gasteiger partial charge in [0.1, 0.15) is 5.82 Å². The summed E-state index contributed by atoms with van der Waals surface area (Å²) in [6.45, 7) is 0. The summed E-state index contributed by atoms with van der Waals surface area (Å²) in [5.41, 5.74) is 1.55. The molecule has 106 valence electrons. The number of hydrogen-bond acceptors (Lipinski definition) is 2. The third kappa shape index (κ3) is 2.66. The predicted octanol–water partition coefficient (Wildman–Crippen LogP) is 4.62. The quantitative estimate of drug-likeness (QED) is 0.881. The molecule has 0 aliphatic heterocycles. The van der Waals surface area contributed by atoms with Crippen molar-refractivity contribution in [2.75, 3.05) is 5.32 Å². The summed E-state index contributed by atoms with van der Waals surface area (Å²) in [7, 11) is 0. The zero-order valence-electron chi connectivity index (χ0n) is 11.3. The van der Waals surface area contributed by atoms with Crippen molar-refractivity contribution in [1.29, 1.82) is 5.26 Å². The van der Waals surface area contributed by atoms with Crippen LogP contribution < -0.4 is 5.32 Å². The fraction of sp³-hybridized carbons (Fsp3) is 0.235. The van der Waals surface area contributed by atoms with Crippen LogP contribution in [-0.2, 0) is 5.41 Å². The third-order valence-electron chi connectivity index (χ3n) is 4.02. The molecule has 0 unspecified atom stereocenters. The third-order valence-corrected chi connectivity index (χ3v) is 4.63. The number of benzene rings is 2. The van der Waals surface area contributed by atoms with E-state index < -0.39 is 5.41 Å². The maximum absolute atomic E-state index is 13.2. The lowest BCUT2D eigenvalue weighted by atomic mass is 9.62. The topological polar surface area (TPSA) is 35.8 Å². The second kappa shape index (κ2) is 5.50. The molecule has 0 aromatic heterocycles. The summed E-state index contributed by atoms with van der Waals surface area (Å²) in [6.07, 6.45) is 1.53. The van der Waals surface area contributed by atoms with E-state index in [0.717, 1.165) is 24.1 Å². The van der Waals surface area contributed by atoms with Crippen LogP contribution in [0.3, 0.4) is 0 Å². The molecule has 3 rings (SSSR count). The van der Waals surface area contributed by atoms with Crippen molar-refractivity contribution in [2.45, 2.75) is 24.3 Å². The van der Waals surface area contributed by atoms with E-state index >= 15 is 0 Å². The van der Waals surface area contributed by atoms with Crippen LogP contribution in [-0.4, -0.2) is 6.04 Å². The maximum atomic E-state index is 13.2. The van der Waals surface area contributed by atoms with E-state index in [1.807, 2.05) is 30.3 Å². The number of rotatable bonds is 3. The average Bonchev–Trinajstić information content (AvgIpc) is 2.47. The SMILES string of the molecule is N#CC1(c2ccccc2)CC(Nc2ccc(F)c(Br)c2)C1. The Labute approximate surface area is 131 Å². The minimum Gasteiger partial charge on any atom is -0.382 e. The monoisotopic (exact) mass is 344 g/mol. The van der Waals surface area contributed by atoms with Gasteiger partial charge >= 0.3 is 0 Å². The fourth-order valence-electron chi connectivity index (χ4n) is 2.85. The van der Waals surface area contributed by atoms with E-state index in [9.17, 15) is 9.65 Å². The Balaban J connectivity index is 1.70. The fourth-order valence-corrected chi connectivity index (χ4v) is 3.23. The van der Waals surface area contributed by atoms with Gasteiger partial charge in [0, 0.05) is 11.7 Å². The molecule has 2 nitrogen and oxygen atoms in total. The second-order valence-corrected chi connectivity index (χ2v) is 6.29. The normalized spacial score (nSPS) is 24.0. The summed E-state index contributed by atoms with van der Waals surface area (Å²) in [6, 6.07) is 17.5. The minimum atomic E-state index is -0.393. The lowest BCUT2D eigenvalue weighted by Crippen LogP contribution is -2.47. The van der Waals surface area contributed by atoms with Crippen LogP contribution in [0, 0.1) is 17.1 Å². The molecule has 21 heavy (non-hydrogen) atoms. The molecule has 1 N–H and O–H groups in total. The molecule has 2 aromatic rings. The number of anilines is 1. The van der Waals surface area contributed by atoms with E-state index in [4.69, 9.17) is 0 Å². The molecule has 0 radical (unpaired) electrons. The van der Waals surface area contributed by atoms with Gasteiger partial charge < -0.3 is 5.32 Å². The second-order valence-electron chi connectivity index (χ2n) is 5.44. The molecule has 1 saturated carbocycles. The van der Waals surface area contributed by atoms with Crippen molar-refractivity contribution in [3.8, 4) is 6.07 Å². The van der Waals surface area contributed by atoms with Crippen LogP contribution in [0.1, 0.15) is 18.4 Å². The molecule has 1 aliphatic carbocycles.